The Morgan fingerprint density at radius 2 is 1.92 bits per heavy atom. The first kappa shape index (κ1) is 17.0. The number of hydrogen-bond donors (Lipinski definition) is 0. The molecule has 0 radical (unpaired) electrons. The molecule has 3 rings (SSSR count). The second kappa shape index (κ2) is 8.34. The number of ether oxygens (including phenoxy) is 2. The highest BCUT2D eigenvalue weighted by Gasteiger charge is 2.08. The van der Waals surface area contributed by atoms with E-state index < -0.39 is 0 Å². The number of nitrogens with zero attached hydrogens (tertiary/aromatic N) is 4. The van der Waals surface area contributed by atoms with Crippen LogP contribution in [-0.2, 0) is 5.75 Å². The van der Waals surface area contributed by atoms with Gasteiger partial charge in [0.1, 0.15) is 6.33 Å². The molecular formula is C18H18N4O2S. The number of methoxy groups -OCH3 is 2. The van der Waals surface area contributed by atoms with Crippen molar-refractivity contribution < 1.29 is 9.47 Å². The lowest BCUT2D eigenvalue weighted by molar-refractivity contribution is 0.354. The summed E-state index contributed by atoms with van der Waals surface area (Å²) in [7, 11) is 3.21. The highest BCUT2D eigenvalue weighted by atomic mass is 32.2. The highest BCUT2D eigenvalue weighted by Crippen LogP contribution is 2.29. The quantitative estimate of drug-likeness (QED) is 0.480. The summed E-state index contributed by atoms with van der Waals surface area (Å²) in [5, 5.41) is 13.2. The van der Waals surface area contributed by atoms with Gasteiger partial charge in [-0.2, -0.15) is 9.78 Å². The number of hydrogen-bond acceptors (Lipinski definition) is 6. The van der Waals surface area contributed by atoms with Gasteiger partial charge in [0.25, 0.3) is 0 Å². The lowest BCUT2D eigenvalue weighted by atomic mass is 10.2. The molecule has 1 aromatic heterocycles. The summed E-state index contributed by atoms with van der Waals surface area (Å²) in [5.41, 5.74) is 2.04. The van der Waals surface area contributed by atoms with Gasteiger partial charge in [-0.1, -0.05) is 48.2 Å². The monoisotopic (exact) mass is 354 g/mol. The van der Waals surface area contributed by atoms with Crippen LogP contribution in [0.5, 0.6) is 11.5 Å². The van der Waals surface area contributed by atoms with Crippen molar-refractivity contribution in [1.82, 2.24) is 14.9 Å². The van der Waals surface area contributed by atoms with Crippen molar-refractivity contribution >= 4 is 18.0 Å². The maximum atomic E-state index is 5.41. The first-order valence-corrected chi connectivity index (χ1v) is 8.62. The van der Waals surface area contributed by atoms with Crippen LogP contribution in [0.2, 0.25) is 0 Å². The third kappa shape index (κ3) is 4.19. The zero-order valence-corrected chi connectivity index (χ0v) is 14.8. The van der Waals surface area contributed by atoms with Crippen LogP contribution in [0.15, 0.2) is 65.1 Å². The fourth-order valence-corrected chi connectivity index (χ4v) is 3.07. The van der Waals surface area contributed by atoms with Gasteiger partial charge in [-0.15, -0.1) is 10.2 Å². The Morgan fingerprint density at radius 3 is 2.68 bits per heavy atom. The van der Waals surface area contributed by atoms with E-state index in [1.165, 1.54) is 5.56 Å². The van der Waals surface area contributed by atoms with Gasteiger partial charge >= 0.3 is 0 Å². The van der Waals surface area contributed by atoms with Crippen molar-refractivity contribution in [3.63, 3.8) is 0 Å². The SMILES string of the molecule is COc1cccc(/C=N\n2cnnc2SCc2ccccc2)c1OC. The smallest absolute Gasteiger partial charge is 0.212 e. The molecule has 0 N–H and O–H groups in total. The van der Waals surface area contributed by atoms with E-state index in [1.54, 1.807) is 43.2 Å². The lowest BCUT2D eigenvalue weighted by Gasteiger charge is -2.09. The van der Waals surface area contributed by atoms with Crippen LogP contribution in [-0.4, -0.2) is 35.3 Å². The predicted molar refractivity (Wildman–Crippen MR) is 98.6 cm³/mol. The van der Waals surface area contributed by atoms with E-state index >= 15 is 0 Å². The Bertz CT molecular complexity index is 849. The molecule has 7 heteroatoms. The van der Waals surface area contributed by atoms with Crippen molar-refractivity contribution in [3.05, 3.63) is 66.0 Å². The molecule has 128 valence electrons. The van der Waals surface area contributed by atoms with Gasteiger partial charge in [0.05, 0.1) is 20.4 Å². The Labute approximate surface area is 150 Å². The average molecular weight is 354 g/mol. The topological polar surface area (TPSA) is 61.5 Å². The van der Waals surface area contributed by atoms with Gasteiger partial charge in [-0.05, 0) is 17.7 Å². The van der Waals surface area contributed by atoms with E-state index in [9.17, 15) is 0 Å². The molecular weight excluding hydrogens is 336 g/mol. The predicted octanol–water partition coefficient (Wildman–Crippen LogP) is 3.47. The summed E-state index contributed by atoms with van der Waals surface area (Å²) in [6, 6.07) is 15.8. The molecule has 2 aromatic carbocycles. The fraction of sp³-hybridized carbons (Fsp3) is 0.167. The minimum Gasteiger partial charge on any atom is -0.493 e. The second-order valence-corrected chi connectivity index (χ2v) is 6.00. The molecule has 0 aliphatic carbocycles. The van der Waals surface area contributed by atoms with Crippen LogP contribution < -0.4 is 9.47 Å². The molecule has 3 aromatic rings. The number of thioether (sulfide) groups is 1. The van der Waals surface area contributed by atoms with Crippen molar-refractivity contribution in [2.45, 2.75) is 10.9 Å². The fourth-order valence-electron chi connectivity index (χ4n) is 2.25. The zero-order chi connectivity index (χ0) is 17.5. The lowest BCUT2D eigenvalue weighted by Crippen LogP contribution is -1.97. The van der Waals surface area contributed by atoms with E-state index in [4.69, 9.17) is 9.47 Å². The van der Waals surface area contributed by atoms with Gasteiger partial charge in [0.2, 0.25) is 5.16 Å². The second-order valence-electron chi connectivity index (χ2n) is 5.06. The van der Waals surface area contributed by atoms with Gasteiger partial charge in [-0.25, -0.2) is 0 Å². The molecule has 0 aliphatic heterocycles. The molecule has 0 atom stereocenters. The van der Waals surface area contributed by atoms with Crippen LogP contribution in [0.25, 0.3) is 0 Å². The standard InChI is InChI=1S/C18H18N4O2S/c1-23-16-10-6-9-15(17(16)24-2)11-20-22-13-19-21-18(22)25-12-14-7-4-3-5-8-14/h3-11,13H,12H2,1-2H3/b20-11-. The average Bonchev–Trinajstić information content (AvgIpc) is 3.12. The molecule has 0 fully saturated rings. The third-order valence-corrected chi connectivity index (χ3v) is 4.47. The number of benzene rings is 2. The number of para-hydroxylation sites is 1. The summed E-state index contributed by atoms with van der Waals surface area (Å²) in [6.07, 6.45) is 3.29. The van der Waals surface area contributed by atoms with Gasteiger partial charge in [0.15, 0.2) is 11.5 Å². The van der Waals surface area contributed by atoms with E-state index in [0.29, 0.717) is 11.5 Å². The van der Waals surface area contributed by atoms with Crippen LogP contribution in [0.3, 0.4) is 0 Å². The Balaban J connectivity index is 1.76. The third-order valence-electron chi connectivity index (χ3n) is 3.47. The highest BCUT2D eigenvalue weighted by molar-refractivity contribution is 7.98. The Morgan fingerprint density at radius 1 is 1.08 bits per heavy atom. The maximum Gasteiger partial charge on any atom is 0.212 e. The summed E-state index contributed by atoms with van der Waals surface area (Å²) in [4.78, 5) is 0. The molecule has 0 spiro atoms. The molecule has 1 heterocycles. The van der Waals surface area contributed by atoms with E-state index in [1.807, 2.05) is 36.4 Å². The van der Waals surface area contributed by atoms with Gasteiger partial charge in [-0.3, -0.25) is 0 Å². The summed E-state index contributed by atoms with van der Waals surface area (Å²) in [5.74, 6) is 2.10. The Hall–Kier alpha value is -2.80. The molecule has 0 unspecified atom stereocenters. The van der Waals surface area contributed by atoms with Crippen LogP contribution in [0.1, 0.15) is 11.1 Å². The summed E-state index contributed by atoms with van der Waals surface area (Å²) < 4.78 is 12.4. The molecule has 0 aliphatic rings. The summed E-state index contributed by atoms with van der Waals surface area (Å²) in [6.45, 7) is 0. The largest absolute Gasteiger partial charge is 0.493 e. The van der Waals surface area contributed by atoms with Crippen molar-refractivity contribution in [1.29, 1.82) is 0 Å². The minimum atomic E-state index is 0.639. The molecule has 25 heavy (non-hydrogen) atoms. The first-order chi connectivity index (χ1) is 12.3. The van der Waals surface area contributed by atoms with E-state index in [0.717, 1.165) is 16.5 Å². The molecule has 0 bridgehead atoms. The number of rotatable bonds is 7. The van der Waals surface area contributed by atoms with Gasteiger partial charge < -0.3 is 9.47 Å². The zero-order valence-electron chi connectivity index (χ0n) is 14.0. The van der Waals surface area contributed by atoms with E-state index in [-0.39, 0.29) is 0 Å². The minimum absolute atomic E-state index is 0.639. The van der Waals surface area contributed by atoms with Gasteiger partial charge in [0, 0.05) is 11.3 Å². The molecule has 0 amide bonds. The van der Waals surface area contributed by atoms with Crippen LogP contribution in [0, 0.1) is 0 Å². The Kier molecular flexibility index (Phi) is 5.69. The van der Waals surface area contributed by atoms with Crippen LogP contribution >= 0.6 is 11.8 Å². The van der Waals surface area contributed by atoms with Crippen molar-refractivity contribution in [2.75, 3.05) is 14.2 Å². The van der Waals surface area contributed by atoms with Crippen LogP contribution in [0.4, 0.5) is 0 Å². The summed E-state index contributed by atoms with van der Waals surface area (Å²) >= 11 is 1.58. The van der Waals surface area contributed by atoms with Crippen molar-refractivity contribution in [3.8, 4) is 11.5 Å². The number of aromatic nitrogens is 3. The first-order valence-electron chi connectivity index (χ1n) is 7.64. The molecule has 0 saturated heterocycles. The van der Waals surface area contributed by atoms with Crippen molar-refractivity contribution in [2.24, 2.45) is 5.10 Å². The molecule has 0 saturated carbocycles. The van der Waals surface area contributed by atoms with E-state index in [2.05, 4.69) is 27.4 Å². The maximum absolute atomic E-state index is 5.41. The molecule has 6 nitrogen and oxygen atoms in total. The normalized spacial score (nSPS) is 11.0.